The van der Waals surface area contributed by atoms with Gasteiger partial charge in [0.1, 0.15) is 5.54 Å². The highest BCUT2D eigenvalue weighted by Gasteiger charge is 2.52. The molecule has 0 unspecified atom stereocenters. The number of carbonyl (C=O) groups is 2. The van der Waals surface area contributed by atoms with Crippen LogP contribution in [-0.2, 0) is 10.3 Å². The average molecular weight is 330 g/mol. The third kappa shape index (κ3) is 3.03. The maximum Gasteiger partial charge on any atom is 0.416 e. The maximum absolute atomic E-state index is 12.5. The van der Waals surface area contributed by atoms with Gasteiger partial charge in [0.05, 0.1) is 6.54 Å². The number of amides is 3. The molecule has 2 atom stereocenters. The van der Waals surface area contributed by atoms with Gasteiger partial charge < -0.3 is 10.4 Å². The largest absolute Gasteiger partial charge is 0.416 e. The molecule has 1 aromatic rings. The summed E-state index contributed by atoms with van der Waals surface area (Å²) in [5, 5.41) is 11.5. The van der Waals surface area contributed by atoms with Crippen molar-refractivity contribution >= 4 is 11.9 Å². The zero-order chi connectivity index (χ0) is 17.6. The van der Waals surface area contributed by atoms with Crippen molar-refractivity contribution in [3.05, 3.63) is 34.9 Å². The fraction of sp³-hybridized carbons (Fsp3) is 0.467. The van der Waals surface area contributed by atoms with E-state index < -0.39 is 36.3 Å². The Morgan fingerprint density at radius 3 is 2.43 bits per heavy atom. The first-order valence-electron chi connectivity index (χ1n) is 6.93. The molecule has 1 heterocycles. The van der Waals surface area contributed by atoms with Gasteiger partial charge in [0, 0.05) is 0 Å². The van der Waals surface area contributed by atoms with Crippen molar-refractivity contribution in [2.75, 3.05) is 6.54 Å². The summed E-state index contributed by atoms with van der Waals surface area (Å²) in [5.74, 6) is -0.822. The van der Waals surface area contributed by atoms with Crippen LogP contribution in [0.3, 0.4) is 0 Å². The van der Waals surface area contributed by atoms with E-state index in [2.05, 4.69) is 5.32 Å². The first kappa shape index (κ1) is 17.3. The average Bonchev–Trinajstić information content (AvgIpc) is 2.61. The summed E-state index contributed by atoms with van der Waals surface area (Å²) in [6, 6.07) is 4.26. The number of carbonyl (C=O) groups excluding carboxylic acids is 2. The van der Waals surface area contributed by atoms with E-state index in [9.17, 15) is 22.8 Å². The van der Waals surface area contributed by atoms with Crippen LogP contribution in [0.5, 0.6) is 0 Å². The SMILES string of the molecule is Cc1ccc([C@]2(C)NC(=O)N(C[C@H](O)C(F)(F)F)C2=O)c(C)c1. The second-order valence-corrected chi connectivity index (χ2v) is 5.85. The van der Waals surface area contributed by atoms with E-state index >= 15 is 0 Å². The first-order chi connectivity index (χ1) is 10.5. The lowest BCUT2D eigenvalue weighted by Crippen LogP contribution is -2.45. The van der Waals surface area contributed by atoms with Gasteiger partial charge >= 0.3 is 12.2 Å². The number of aliphatic hydroxyl groups excluding tert-OH is 1. The maximum atomic E-state index is 12.5. The number of nitrogens with one attached hydrogen (secondary N) is 1. The molecule has 23 heavy (non-hydrogen) atoms. The molecule has 1 aromatic carbocycles. The van der Waals surface area contributed by atoms with Crippen LogP contribution >= 0.6 is 0 Å². The van der Waals surface area contributed by atoms with Crippen molar-refractivity contribution in [1.29, 1.82) is 0 Å². The number of urea groups is 1. The highest BCUT2D eigenvalue weighted by Crippen LogP contribution is 2.32. The van der Waals surface area contributed by atoms with Gasteiger partial charge in [0.2, 0.25) is 0 Å². The zero-order valence-electron chi connectivity index (χ0n) is 12.9. The van der Waals surface area contributed by atoms with Crippen LogP contribution in [0, 0.1) is 13.8 Å². The summed E-state index contributed by atoms with van der Waals surface area (Å²) in [4.78, 5) is 24.8. The molecule has 1 fully saturated rings. The fourth-order valence-electron chi connectivity index (χ4n) is 2.70. The monoisotopic (exact) mass is 330 g/mol. The third-order valence-corrected chi connectivity index (χ3v) is 3.93. The second kappa shape index (κ2) is 5.52. The summed E-state index contributed by atoms with van der Waals surface area (Å²) in [7, 11) is 0. The number of nitrogens with zero attached hydrogens (tertiary/aromatic N) is 1. The van der Waals surface area contributed by atoms with Crippen molar-refractivity contribution in [3.8, 4) is 0 Å². The van der Waals surface area contributed by atoms with E-state index in [1.165, 1.54) is 6.92 Å². The van der Waals surface area contributed by atoms with Gasteiger partial charge in [0.25, 0.3) is 5.91 Å². The molecule has 1 aliphatic heterocycles. The van der Waals surface area contributed by atoms with Crippen molar-refractivity contribution in [2.45, 2.75) is 38.6 Å². The Labute approximate surface area is 131 Å². The van der Waals surface area contributed by atoms with Crippen LogP contribution in [0.15, 0.2) is 18.2 Å². The smallest absolute Gasteiger partial charge is 0.382 e. The number of aryl methyl sites for hydroxylation is 2. The number of hydrogen-bond acceptors (Lipinski definition) is 3. The molecule has 0 radical (unpaired) electrons. The summed E-state index contributed by atoms with van der Waals surface area (Å²) in [5.41, 5.74) is 0.737. The van der Waals surface area contributed by atoms with Crippen LogP contribution in [0.4, 0.5) is 18.0 Å². The van der Waals surface area contributed by atoms with Gasteiger partial charge in [0.15, 0.2) is 6.10 Å². The molecule has 0 aromatic heterocycles. The normalized spacial score (nSPS) is 23.2. The molecular formula is C15H17F3N2O3. The summed E-state index contributed by atoms with van der Waals surface area (Å²) in [6.45, 7) is 3.92. The molecule has 5 nitrogen and oxygen atoms in total. The molecule has 0 bridgehead atoms. The van der Waals surface area contributed by atoms with Crippen LogP contribution in [0.1, 0.15) is 23.6 Å². The summed E-state index contributed by atoms with van der Waals surface area (Å²) < 4.78 is 37.4. The Kier molecular flexibility index (Phi) is 4.14. The Morgan fingerprint density at radius 1 is 1.30 bits per heavy atom. The Hall–Kier alpha value is -2.09. The van der Waals surface area contributed by atoms with E-state index in [1.807, 2.05) is 13.0 Å². The van der Waals surface area contributed by atoms with Crippen LogP contribution in [-0.4, -0.2) is 40.8 Å². The Balaban J connectivity index is 2.33. The minimum Gasteiger partial charge on any atom is -0.382 e. The third-order valence-electron chi connectivity index (χ3n) is 3.93. The second-order valence-electron chi connectivity index (χ2n) is 5.85. The van der Waals surface area contributed by atoms with Crippen molar-refractivity contribution in [1.82, 2.24) is 10.2 Å². The van der Waals surface area contributed by atoms with E-state index in [4.69, 9.17) is 5.11 Å². The number of imide groups is 1. The molecule has 126 valence electrons. The number of alkyl halides is 3. The van der Waals surface area contributed by atoms with E-state index in [-0.39, 0.29) is 0 Å². The number of β-amino-alcohol motifs (C(OH)–C–C–N with tert-alkyl or cyclic N) is 1. The highest BCUT2D eigenvalue weighted by atomic mass is 19.4. The molecule has 1 aliphatic rings. The molecule has 0 aliphatic carbocycles. The predicted molar refractivity (Wildman–Crippen MR) is 75.6 cm³/mol. The summed E-state index contributed by atoms with van der Waals surface area (Å²) >= 11 is 0. The molecule has 2 rings (SSSR count). The van der Waals surface area contributed by atoms with E-state index in [0.717, 1.165) is 11.1 Å². The molecular weight excluding hydrogens is 313 g/mol. The van der Waals surface area contributed by atoms with Gasteiger partial charge in [-0.1, -0.05) is 23.8 Å². The van der Waals surface area contributed by atoms with Gasteiger partial charge in [-0.3, -0.25) is 9.69 Å². The zero-order valence-corrected chi connectivity index (χ0v) is 12.9. The molecule has 2 N–H and O–H groups in total. The lowest BCUT2D eigenvalue weighted by atomic mass is 9.87. The van der Waals surface area contributed by atoms with Crippen molar-refractivity contribution in [3.63, 3.8) is 0 Å². The molecule has 8 heteroatoms. The molecule has 3 amide bonds. The van der Waals surface area contributed by atoms with Crippen LogP contribution < -0.4 is 5.32 Å². The Morgan fingerprint density at radius 2 is 1.91 bits per heavy atom. The van der Waals surface area contributed by atoms with Crippen molar-refractivity contribution < 1.29 is 27.9 Å². The number of aliphatic hydroxyl groups is 1. The van der Waals surface area contributed by atoms with Crippen LogP contribution in [0.25, 0.3) is 0 Å². The fourth-order valence-corrected chi connectivity index (χ4v) is 2.70. The van der Waals surface area contributed by atoms with Gasteiger partial charge in [-0.2, -0.15) is 13.2 Å². The van der Waals surface area contributed by atoms with E-state index in [1.54, 1.807) is 19.1 Å². The number of halogens is 3. The number of benzene rings is 1. The van der Waals surface area contributed by atoms with Gasteiger partial charge in [-0.25, -0.2) is 4.79 Å². The lowest BCUT2D eigenvalue weighted by Gasteiger charge is -2.25. The standard InChI is InChI=1S/C15H17F3N2O3/c1-8-4-5-10(9(2)6-8)14(3)12(22)20(13(23)19-14)7-11(21)15(16,17)18/h4-6,11,21H,7H2,1-3H3,(H,19,23)/t11-,14-/m0/s1. The Bertz CT molecular complexity index is 660. The lowest BCUT2D eigenvalue weighted by molar-refractivity contribution is -0.206. The minimum atomic E-state index is -4.90. The number of rotatable bonds is 3. The van der Waals surface area contributed by atoms with E-state index in [0.29, 0.717) is 10.5 Å². The number of hydrogen-bond donors (Lipinski definition) is 2. The topological polar surface area (TPSA) is 69.6 Å². The van der Waals surface area contributed by atoms with Crippen LogP contribution in [0.2, 0.25) is 0 Å². The molecule has 0 spiro atoms. The quantitative estimate of drug-likeness (QED) is 0.833. The summed E-state index contributed by atoms with van der Waals surface area (Å²) in [6.07, 6.45) is -7.68. The minimum absolute atomic E-state index is 0.400. The predicted octanol–water partition coefficient (Wildman–Crippen LogP) is 1.99. The van der Waals surface area contributed by atoms with Gasteiger partial charge in [-0.05, 0) is 31.9 Å². The first-order valence-corrected chi connectivity index (χ1v) is 6.93. The molecule has 0 saturated carbocycles. The highest BCUT2D eigenvalue weighted by molar-refractivity contribution is 6.07. The van der Waals surface area contributed by atoms with Crippen molar-refractivity contribution in [2.24, 2.45) is 0 Å². The molecule has 1 saturated heterocycles. The van der Waals surface area contributed by atoms with Gasteiger partial charge in [-0.15, -0.1) is 0 Å².